The molecule has 1 N–H and O–H groups in total. The normalized spacial score (nSPS) is 17.6. The van der Waals surface area contributed by atoms with Crippen molar-refractivity contribution in [1.82, 2.24) is 14.5 Å². The molecule has 2 aromatic heterocycles. The zero-order chi connectivity index (χ0) is 20.1. The smallest absolute Gasteiger partial charge is 0.228 e. The summed E-state index contributed by atoms with van der Waals surface area (Å²) in [6, 6.07) is 11.7. The predicted molar refractivity (Wildman–Crippen MR) is 114 cm³/mol. The average Bonchev–Trinajstić information content (AvgIpc) is 3.41. The number of amides is 1. The first-order valence-corrected chi connectivity index (χ1v) is 10.0. The Morgan fingerprint density at radius 3 is 2.90 bits per heavy atom. The number of likely N-dealkylation sites (tertiary alicyclic amines) is 1. The van der Waals surface area contributed by atoms with Gasteiger partial charge < -0.3 is 14.3 Å². The van der Waals surface area contributed by atoms with Gasteiger partial charge in [-0.2, -0.15) is 0 Å². The van der Waals surface area contributed by atoms with Crippen molar-refractivity contribution >= 4 is 17.7 Å². The lowest BCUT2D eigenvalue weighted by Gasteiger charge is -2.31. The molecule has 1 amide bonds. The summed E-state index contributed by atoms with van der Waals surface area (Å²) >= 11 is 0. The van der Waals surface area contributed by atoms with Gasteiger partial charge in [0.25, 0.3) is 0 Å². The van der Waals surface area contributed by atoms with Crippen LogP contribution in [0, 0.1) is 12.8 Å². The van der Waals surface area contributed by atoms with Crippen LogP contribution in [0.4, 0.5) is 5.69 Å². The summed E-state index contributed by atoms with van der Waals surface area (Å²) in [4.78, 5) is 19.3. The third kappa shape index (κ3) is 4.84. The Labute approximate surface area is 170 Å². The number of aryl methyl sites for hydroxylation is 1. The first kappa shape index (κ1) is 19.2. The van der Waals surface area contributed by atoms with E-state index in [9.17, 15) is 4.79 Å². The first-order chi connectivity index (χ1) is 14.2. The average molecular weight is 390 g/mol. The summed E-state index contributed by atoms with van der Waals surface area (Å²) in [5.41, 5.74) is 1.86. The lowest BCUT2D eigenvalue weighted by Crippen LogP contribution is -2.40. The predicted octanol–water partition coefficient (Wildman–Crippen LogP) is 4.14. The molecule has 1 aliphatic heterocycles. The largest absolute Gasteiger partial charge is 0.465 e. The molecule has 3 heterocycles. The Morgan fingerprint density at radius 1 is 1.31 bits per heavy atom. The van der Waals surface area contributed by atoms with Crippen molar-refractivity contribution in [3.05, 3.63) is 72.7 Å². The summed E-state index contributed by atoms with van der Waals surface area (Å²) in [6.45, 7) is 4.59. The molecule has 0 radical (unpaired) electrons. The molecule has 6 nitrogen and oxygen atoms in total. The van der Waals surface area contributed by atoms with E-state index in [1.807, 2.05) is 60.2 Å². The Kier molecular flexibility index (Phi) is 5.91. The van der Waals surface area contributed by atoms with Gasteiger partial charge in [-0.05, 0) is 68.8 Å². The van der Waals surface area contributed by atoms with Crippen LogP contribution in [0.2, 0.25) is 0 Å². The number of benzene rings is 1. The van der Waals surface area contributed by atoms with Crippen molar-refractivity contribution in [1.29, 1.82) is 0 Å². The summed E-state index contributed by atoms with van der Waals surface area (Å²) in [5.74, 6) is 1.89. The van der Waals surface area contributed by atoms with Crippen molar-refractivity contribution in [2.45, 2.75) is 19.8 Å². The molecule has 4 rings (SSSR count). The van der Waals surface area contributed by atoms with Crippen molar-refractivity contribution in [2.24, 2.45) is 5.92 Å². The minimum atomic E-state index is 0.0105. The van der Waals surface area contributed by atoms with Gasteiger partial charge >= 0.3 is 0 Å². The van der Waals surface area contributed by atoms with Crippen LogP contribution in [0.25, 0.3) is 11.8 Å². The zero-order valence-corrected chi connectivity index (χ0v) is 16.6. The van der Waals surface area contributed by atoms with E-state index in [0.717, 1.165) is 55.4 Å². The van der Waals surface area contributed by atoms with Gasteiger partial charge in [0.2, 0.25) is 5.91 Å². The quantitative estimate of drug-likeness (QED) is 0.687. The molecular weight excluding hydrogens is 364 g/mol. The monoisotopic (exact) mass is 390 g/mol. The third-order valence-electron chi connectivity index (χ3n) is 5.30. The molecule has 150 valence electrons. The van der Waals surface area contributed by atoms with Gasteiger partial charge in [0.05, 0.1) is 12.2 Å². The second-order valence-electron chi connectivity index (χ2n) is 7.40. The van der Waals surface area contributed by atoms with Crippen LogP contribution in [0.1, 0.15) is 24.4 Å². The molecule has 1 saturated heterocycles. The van der Waals surface area contributed by atoms with E-state index in [-0.39, 0.29) is 11.8 Å². The maximum Gasteiger partial charge on any atom is 0.228 e. The highest BCUT2D eigenvalue weighted by Crippen LogP contribution is 2.20. The topological polar surface area (TPSA) is 63.3 Å². The Hall–Kier alpha value is -3.12. The maximum absolute atomic E-state index is 12.8. The van der Waals surface area contributed by atoms with Crippen LogP contribution in [0.5, 0.6) is 0 Å². The lowest BCUT2D eigenvalue weighted by atomic mass is 9.97. The number of hydrogen-bond donors (Lipinski definition) is 1. The highest BCUT2D eigenvalue weighted by molar-refractivity contribution is 5.92. The molecular formula is C23H26N4O2. The van der Waals surface area contributed by atoms with Crippen LogP contribution < -0.4 is 5.32 Å². The summed E-state index contributed by atoms with van der Waals surface area (Å²) in [6.07, 6.45) is 11.4. The van der Waals surface area contributed by atoms with Gasteiger partial charge in [-0.3, -0.25) is 9.69 Å². The molecule has 0 bridgehead atoms. The molecule has 0 aliphatic carbocycles. The second-order valence-corrected chi connectivity index (χ2v) is 7.40. The number of imidazole rings is 1. The number of carbonyl (C=O) groups excluding carboxylic acids is 1. The number of carbonyl (C=O) groups is 1. The Bertz CT molecular complexity index is 957. The SMILES string of the molecule is Cc1nccn1-c1ccc(NC(=O)[C@H]2CCCN(C/C=C/c3ccco3)C2)cc1. The number of piperidine rings is 1. The standard InChI is InChI=1S/C23H26N4O2/c1-18-24-12-15-27(18)21-10-8-20(9-11-21)25-23(28)19-5-2-13-26(17-19)14-3-6-22-7-4-16-29-22/h3-4,6-12,15-16,19H,2,5,13-14,17H2,1H3,(H,25,28)/b6-3+/t19-/m0/s1. The minimum Gasteiger partial charge on any atom is -0.465 e. The van der Waals surface area contributed by atoms with Gasteiger partial charge in [0.15, 0.2) is 0 Å². The number of aromatic nitrogens is 2. The Balaban J connectivity index is 1.31. The van der Waals surface area contributed by atoms with E-state index in [0.29, 0.717) is 0 Å². The number of nitrogens with one attached hydrogen (secondary N) is 1. The highest BCUT2D eigenvalue weighted by Gasteiger charge is 2.25. The first-order valence-electron chi connectivity index (χ1n) is 10.0. The van der Waals surface area contributed by atoms with Gasteiger partial charge in [-0.1, -0.05) is 6.08 Å². The van der Waals surface area contributed by atoms with Gasteiger partial charge in [0, 0.05) is 36.9 Å². The van der Waals surface area contributed by atoms with Crippen molar-refractivity contribution in [3.8, 4) is 5.69 Å². The van der Waals surface area contributed by atoms with Crippen LogP contribution in [0.3, 0.4) is 0 Å². The lowest BCUT2D eigenvalue weighted by molar-refractivity contribution is -0.121. The number of anilines is 1. The van der Waals surface area contributed by atoms with Crippen LogP contribution in [0.15, 0.2) is 65.5 Å². The maximum atomic E-state index is 12.8. The third-order valence-corrected chi connectivity index (χ3v) is 5.30. The van der Waals surface area contributed by atoms with E-state index >= 15 is 0 Å². The number of furan rings is 1. The van der Waals surface area contributed by atoms with Crippen LogP contribution >= 0.6 is 0 Å². The fraction of sp³-hybridized carbons (Fsp3) is 0.304. The number of rotatable bonds is 6. The number of nitrogens with zero attached hydrogens (tertiary/aromatic N) is 3. The minimum absolute atomic E-state index is 0.0105. The van der Waals surface area contributed by atoms with Crippen LogP contribution in [-0.4, -0.2) is 40.0 Å². The molecule has 1 aliphatic rings. The van der Waals surface area contributed by atoms with Crippen LogP contribution in [-0.2, 0) is 4.79 Å². The summed E-state index contributed by atoms with van der Waals surface area (Å²) < 4.78 is 7.33. The van der Waals surface area contributed by atoms with E-state index in [1.165, 1.54) is 0 Å². The van der Waals surface area contributed by atoms with E-state index in [1.54, 1.807) is 12.5 Å². The van der Waals surface area contributed by atoms with Crippen molar-refractivity contribution in [2.75, 3.05) is 25.0 Å². The van der Waals surface area contributed by atoms with Crippen molar-refractivity contribution < 1.29 is 9.21 Å². The summed E-state index contributed by atoms with van der Waals surface area (Å²) in [7, 11) is 0. The van der Waals surface area contributed by atoms with E-state index in [2.05, 4.69) is 21.3 Å². The molecule has 0 saturated carbocycles. The number of hydrogen-bond acceptors (Lipinski definition) is 4. The van der Waals surface area contributed by atoms with Gasteiger partial charge in [-0.25, -0.2) is 4.98 Å². The molecule has 1 fully saturated rings. The van der Waals surface area contributed by atoms with E-state index in [4.69, 9.17) is 4.42 Å². The molecule has 6 heteroatoms. The summed E-state index contributed by atoms with van der Waals surface area (Å²) in [5, 5.41) is 3.07. The molecule has 29 heavy (non-hydrogen) atoms. The molecule has 1 atom stereocenters. The second kappa shape index (κ2) is 8.92. The molecule has 0 spiro atoms. The van der Waals surface area contributed by atoms with E-state index < -0.39 is 0 Å². The highest BCUT2D eigenvalue weighted by atomic mass is 16.3. The fourth-order valence-electron chi connectivity index (χ4n) is 3.74. The fourth-order valence-corrected chi connectivity index (χ4v) is 3.74. The molecule has 0 unspecified atom stereocenters. The Morgan fingerprint density at radius 2 is 2.17 bits per heavy atom. The van der Waals surface area contributed by atoms with Crippen molar-refractivity contribution in [3.63, 3.8) is 0 Å². The molecule has 1 aromatic carbocycles. The van der Waals surface area contributed by atoms with Gasteiger partial charge in [-0.15, -0.1) is 0 Å². The zero-order valence-electron chi connectivity index (χ0n) is 16.6. The van der Waals surface area contributed by atoms with Gasteiger partial charge in [0.1, 0.15) is 11.6 Å². The molecule has 3 aromatic rings.